The molecule has 0 fully saturated rings. The molecule has 0 bridgehead atoms. The van der Waals surface area contributed by atoms with Crippen LogP contribution in [0.2, 0.25) is 0 Å². The van der Waals surface area contributed by atoms with Crippen LogP contribution in [0.1, 0.15) is 60.3 Å². The maximum atomic E-state index is 4.71. The molecule has 0 spiro atoms. The van der Waals surface area contributed by atoms with Gasteiger partial charge >= 0.3 is 0 Å². The molecule has 0 saturated heterocycles. The molecular weight excluding hydrogens is 328 g/mol. The predicted molar refractivity (Wildman–Crippen MR) is 117 cm³/mol. The molecule has 2 nitrogen and oxygen atoms in total. The monoisotopic (exact) mass is 358 g/mol. The van der Waals surface area contributed by atoms with Gasteiger partial charge in [-0.1, -0.05) is 51.1 Å². The van der Waals surface area contributed by atoms with E-state index in [1.165, 1.54) is 39.3 Å². The van der Waals surface area contributed by atoms with Crippen molar-refractivity contribution in [2.24, 2.45) is 4.99 Å². The lowest BCUT2D eigenvalue weighted by Gasteiger charge is -2.17. The molecule has 1 heterocycles. The molecule has 0 unspecified atom stereocenters. The molecule has 2 heteroatoms. The second kappa shape index (κ2) is 7.96. The molecule has 3 rings (SSSR count). The number of aryl methyl sites for hydroxylation is 3. The van der Waals surface area contributed by atoms with Crippen molar-refractivity contribution in [2.75, 3.05) is 0 Å². The Bertz CT molecular complexity index is 957. The maximum absolute atomic E-state index is 4.71. The summed E-state index contributed by atoms with van der Waals surface area (Å²) in [5, 5.41) is 0. The fourth-order valence-electron chi connectivity index (χ4n) is 3.68. The van der Waals surface area contributed by atoms with E-state index in [1.807, 2.05) is 6.21 Å². The standard InChI is InChI=1S/C25H30N2/c1-7-21-10-8-9-18(4)25(21)27-19(5)15-23(20(27)6)16-26-24-13-11-22(12-14-24)17(2)3/h8-17H,7H2,1-6H3. The average Bonchev–Trinajstić information content (AvgIpc) is 2.93. The Kier molecular flexibility index (Phi) is 5.65. The Morgan fingerprint density at radius 3 is 2.33 bits per heavy atom. The zero-order chi connectivity index (χ0) is 19.6. The van der Waals surface area contributed by atoms with Gasteiger partial charge in [-0.05, 0) is 68.0 Å². The summed E-state index contributed by atoms with van der Waals surface area (Å²) in [7, 11) is 0. The second-order valence-corrected chi connectivity index (χ2v) is 7.60. The first kappa shape index (κ1) is 19.2. The number of hydrogen-bond acceptors (Lipinski definition) is 1. The number of aromatic nitrogens is 1. The first-order valence-corrected chi connectivity index (χ1v) is 9.84. The lowest BCUT2D eigenvalue weighted by Crippen LogP contribution is -2.05. The Balaban J connectivity index is 1.97. The molecule has 3 aromatic rings. The third-order valence-corrected chi connectivity index (χ3v) is 5.31. The van der Waals surface area contributed by atoms with Gasteiger partial charge in [-0.3, -0.25) is 4.99 Å². The van der Waals surface area contributed by atoms with Crippen LogP contribution in [0.5, 0.6) is 0 Å². The lowest BCUT2D eigenvalue weighted by atomic mass is 10.0. The van der Waals surface area contributed by atoms with E-state index in [-0.39, 0.29) is 0 Å². The second-order valence-electron chi connectivity index (χ2n) is 7.60. The van der Waals surface area contributed by atoms with Gasteiger partial charge in [-0.2, -0.15) is 0 Å². The van der Waals surface area contributed by atoms with Crippen molar-refractivity contribution in [1.29, 1.82) is 0 Å². The minimum absolute atomic E-state index is 0.545. The van der Waals surface area contributed by atoms with Crippen LogP contribution >= 0.6 is 0 Å². The SMILES string of the molecule is CCc1cccc(C)c1-n1c(C)cc(C=Nc2ccc(C(C)C)cc2)c1C. The molecule has 0 aliphatic heterocycles. The number of para-hydroxylation sites is 1. The summed E-state index contributed by atoms with van der Waals surface area (Å²) >= 11 is 0. The first-order valence-electron chi connectivity index (χ1n) is 9.84. The minimum Gasteiger partial charge on any atom is -0.317 e. The number of aliphatic imine (C=N–C) groups is 1. The van der Waals surface area contributed by atoms with E-state index < -0.39 is 0 Å². The average molecular weight is 359 g/mol. The Morgan fingerprint density at radius 1 is 1.00 bits per heavy atom. The summed E-state index contributed by atoms with van der Waals surface area (Å²) in [6.45, 7) is 13.2. The highest BCUT2D eigenvalue weighted by atomic mass is 15.0. The Labute approximate surface area is 163 Å². The van der Waals surface area contributed by atoms with Crippen LogP contribution in [0, 0.1) is 20.8 Å². The van der Waals surface area contributed by atoms with Crippen molar-refractivity contribution in [2.45, 2.75) is 53.9 Å². The summed E-state index contributed by atoms with van der Waals surface area (Å²) in [6, 6.07) is 17.3. The normalized spacial score (nSPS) is 11.7. The summed E-state index contributed by atoms with van der Waals surface area (Å²) in [4.78, 5) is 4.71. The quantitative estimate of drug-likeness (QED) is 0.444. The van der Waals surface area contributed by atoms with Gasteiger partial charge in [0.1, 0.15) is 0 Å². The van der Waals surface area contributed by atoms with Crippen molar-refractivity contribution >= 4 is 11.9 Å². The fourth-order valence-corrected chi connectivity index (χ4v) is 3.68. The van der Waals surface area contributed by atoms with E-state index in [1.54, 1.807) is 0 Å². The van der Waals surface area contributed by atoms with Crippen molar-refractivity contribution in [1.82, 2.24) is 4.57 Å². The lowest BCUT2D eigenvalue weighted by molar-refractivity contribution is 0.867. The molecule has 0 N–H and O–H groups in total. The first-order chi connectivity index (χ1) is 12.9. The van der Waals surface area contributed by atoms with E-state index >= 15 is 0 Å². The molecule has 0 aliphatic carbocycles. The predicted octanol–water partition coefficient (Wildman–Crippen LogP) is 6.84. The van der Waals surface area contributed by atoms with E-state index in [2.05, 4.69) is 94.6 Å². The largest absolute Gasteiger partial charge is 0.317 e. The van der Waals surface area contributed by atoms with Gasteiger partial charge < -0.3 is 4.57 Å². The van der Waals surface area contributed by atoms with Crippen LogP contribution < -0.4 is 0 Å². The van der Waals surface area contributed by atoms with Gasteiger partial charge in [0.05, 0.1) is 11.4 Å². The molecular formula is C25H30N2. The molecule has 140 valence electrons. The highest BCUT2D eigenvalue weighted by Crippen LogP contribution is 2.27. The highest BCUT2D eigenvalue weighted by Gasteiger charge is 2.14. The van der Waals surface area contributed by atoms with E-state index in [0.717, 1.165) is 12.1 Å². The van der Waals surface area contributed by atoms with Gasteiger partial charge in [0.2, 0.25) is 0 Å². The maximum Gasteiger partial charge on any atom is 0.0630 e. The van der Waals surface area contributed by atoms with E-state index in [0.29, 0.717) is 5.92 Å². The van der Waals surface area contributed by atoms with Gasteiger partial charge in [0, 0.05) is 23.2 Å². The molecule has 27 heavy (non-hydrogen) atoms. The summed E-state index contributed by atoms with van der Waals surface area (Å²) < 4.78 is 2.37. The molecule has 1 aromatic heterocycles. The van der Waals surface area contributed by atoms with Crippen LogP contribution in [0.4, 0.5) is 5.69 Å². The van der Waals surface area contributed by atoms with E-state index in [4.69, 9.17) is 4.99 Å². The van der Waals surface area contributed by atoms with E-state index in [9.17, 15) is 0 Å². The molecule has 0 atom stereocenters. The Morgan fingerprint density at radius 2 is 1.70 bits per heavy atom. The summed E-state index contributed by atoms with van der Waals surface area (Å²) in [6.07, 6.45) is 3.02. The molecule has 0 amide bonds. The number of benzene rings is 2. The van der Waals surface area contributed by atoms with Crippen molar-refractivity contribution in [3.63, 3.8) is 0 Å². The van der Waals surface area contributed by atoms with Crippen LogP contribution in [0.3, 0.4) is 0 Å². The van der Waals surface area contributed by atoms with Crippen molar-refractivity contribution in [3.8, 4) is 5.69 Å². The van der Waals surface area contributed by atoms with Crippen LogP contribution in [0.15, 0.2) is 53.5 Å². The number of nitrogens with zero attached hydrogens (tertiary/aromatic N) is 2. The van der Waals surface area contributed by atoms with Gasteiger partial charge in [-0.25, -0.2) is 0 Å². The highest BCUT2D eigenvalue weighted by molar-refractivity contribution is 5.84. The van der Waals surface area contributed by atoms with Crippen LogP contribution in [0.25, 0.3) is 5.69 Å². The minimum atomic E-state index is 0.545. The van der Waals surface area contributed by atoms with Crippen molar-refractivity contribution < 1.29 is 0 Å². The zero-order valence-corrected chi connectivity index (χ0v) is 17.4. The van der Waals surface area contributed by atoms with Crippen LogP contribution in [-0.2, 0) is 6.42 Å². The zero-order valence-electron chi connectivity index (χ0n) is 17.4. The molecule has 2 aromatic carbocycles. The van der Waals surface area contributed by atoms with Crippen molar-refractivity contribution in [3.05, 3.63) is 82.2 Å². The van der Waals surface area contributed by atoms with Gasteiger partial charge in [0.15, 0.2) is 0 Å². The fraction of sp³-hybridized carbons (Fsp3) is 0.320. The molecule has 0 aliphatic rings. The topological polar surface area (TPSA) is 17.3 Å². The third kappa shape index (κ3) is 3.90. The van der Waals surface area contributed by atoms with Gasteiger partial charge in [0.25, 0.3) is 0 Å². The molecule has 0 radical (unpaired) electrons. The number of hydrogen-bond donors (Lipinski definition) is 0. The smallest absolute Gasteiger partial charge is 0.0630 e. The third-order valence-electron chi connectivity index (χ3n) is 5.31. The Hall–Kier alpha value is -2.61. The van der Waals surface area contributed by atoms with Crippen LogP contribution in [-0.4, -0.2) is 10.8 Å². The number of rotatable bonds is 5. The van der Waals surface area contributed by atoms with Gasteiger partial charge in [-0.15, -0.1) is 0 Å². The molecule has 0 saturated carbocycles. The summed E-state index contributed by atoms with van der Waals surface area (Å²) in [5.74, 6) is 0.545. The summed E-state index contributed by atoms with van der Waals surface area (Å²) in [5.41, 5.74) is 10.00.